The van der Waals surface area contributed by atoms with Gasteiger partial charge in [0.15, 0.2) is 0 Å². The summed E-state index contributed by atoms with van der Waals surface area (Å²) in [5.41, 5.74) is 3.07. The number of rotatable bonds is 11. The molecule has 0 fully saturated rings. The van der Waals surface area contributed by atoms with Crippen molar-refractivity contribution in [2.24, 2.45) is 0 Å². The number of nitrogens with zero attached hydrogens (tertiary/aromatic N) is 1. The molecule has 2 aromatic rings. The van der Waals surface area contributed by atoms with E-state index in [4.69, 9.17) is 0 Å². The molecule has 2 aromatic carbocycles. The summed E-state index contributed by atoms with van der Waals surface area (Å²) in [4.78, 5) is 10.8. The lowest BCUT2D eigenvalue weighted by molar-refractivity contribution is -0.384. The number of aryl methyl sites for hydroxylation is 1. The quantitative estimate of drug-likeness (QED) is 0.253. The van der Waals surface area contributed by atoms with Crippen LogP contribution in [0.15, 0.2) is 48.5 Å². The van der Waals surface area contributed by atoms with E-state index in [9.17, 15) is 10.1 Å². The van der Waals surface area contributed by atoms with Crippen molar-refractivity contribution < 1.29 is 4.92 Å². The number of hydrogen-bond acceptors (Lipinski definition) is 2. The number of benzene rings is 2. The summed E-state index contributed by atoms with van der Waals surface area (Å²) in [5, 5.41) is 11.2. The van der Waals surface area contributed by atoms with Gasteiger partial charge < -0.3 is 0 Å². The third kappa shape index (κ3) is 6.33. The molecule has 0 unspecified atom stereocenters. The van der Waals surface area contributed by atoms with Crippen LogP contribution >= 0.6 is 0 Å². The van der Waals surface area contributed by atoms with Crippen LogP contribution in [0.3, 0.4) is 0 Å². The molecule has 0 spiro atoms. The van der Waals surface area contributed by atoms with Crippen molar-refractivity contribution in [3.63, 3.8) is 0 Å². The van der Waals surface area contributed by atoms with Gasteiger partial charge in [-0.25, -0.2) is 0 Å². The number of para-hydroxylation sites is 1. The molecule has 3 nitrogen and oxygen atoms in total. The zero-order valence-electron chi connectivity index (χ0n) is 15.2. The molecule has 0 radical (unpaired) electrons. The molecule has 0 aliphatic rings. The van der Waals surface area contributed by atoms with Crippen molar-refractivity contribution in [3.05, 3.63) is 64.2 Å². The van der Waals surface area contributed by atoms with Crippen LogP contribution in [0.4, 0.5) is 5.69 Å². The number of nitro benzene ring substituents is 1. The molecule has 0 heterocycles. The van der Waals surface area contributed by atoms with Crippen molar-refractivity contribution >= 4 is 5.69 Å². The molecule has 25 heavy (non-hydrogen) atoms. The summed E-state index contributed by atoms with van der Waals surface area (Å²) in [7, 11) is 0. The molecule has 0 atom stereocenters. The Bertz CT molecular complexity index is 649. The summed E-state index contributed by atoms with van der Waals surface area (Å²) in [6, 6.07) is 15.1. The summed E-state index contributed by atoms with van der Waals surface area (Å²) in [5.74, 6) is 0. The molecule has 0 aliphatic carbocycles. The van der Waals surface area contributed by atoms with Crippen molar-refractivity contribution in [3.8, 4) is 11.1 Å². The van der Waals surface area contributed by atoms with Crippen LogP contribution in [-0.4, -0.2) is 4.92 Å². The van der Waals surface area contributed by atoms with Crippen LogP contribution in [0.25, 0.3) is 11.1 Å². The monoisotopic (exact) mass is 339 g/mol. The summed E-state index contributed by atoms with van der Waals surface area (Å²) in [6.45, 7) is 2.25. The molecule has 0 aromatic heterocycles. The van der Waals surface area contributed by atoms with E-state index >= 15 is 0 Å². The first kappa shape index (κ1) is 19.2. The SMILES string of the molecule is CCCCCCCCCCc1ccc(-c2ccccc2[N+](=O)[O-])cc1. The van der Waals surface area contributed by atoms with Crippen LogP contribution in [0, 0.1) is 10.1 Å². The van der Waals surface area contributed by atoms with E-state index in [-0.39, 0.29) is 10.6 Å². The van der Waals surface area contributed by atoms with Crippen molar-refractivity contribution in [2.45, 2.75) is 64.7 Å². The van der Waals surface area contributed by atoms with Gasteiger partial charge in [-0.3, -0.25) is 10.1 Å². The molecular formula is C22H29NO2. The van der Waals surface area contributed by atoms with Gasteiger partial charge in [0.25, 0.3) is 5.69 Å². The number of nitro groups is 1. The number of unbranched alkanes of at least 4 members (excludes halogenated alkanes) is 7. The topological polar surface area (TPSA) is 43.1 Å². The lowest BCUT2D eigenvalue weighted by Gasteiger charge is -2.06. The Labute approximate surface area is 151 Å². The van der Waals surface area contributed by atoms with Gasteiger partial charge in [0, 0.05) is 6.07 Å². The maximum Gasteiger partial charge on any atom is 0.277 e. The fourth-order valence-electron chi connectivity index (χ4n) is 3.19. The Morgan fingerprint density at radius 1 is 0.800 bits per heavy atom. The Morgan fingerprint density at radius 2 is 1.40 bits per heavy atom. The molecule has 2 rings (SSSR count). The van der Waals surface area contributed by atoms with Crippen LogP contribution < -0.4 is 0 Å². The molecule has 0 saturated carbocycles. The molecule has 3 heteroatoms. The van der Waals surface area contributed by atoms with Gasteiger partial charge in [0.05, 0.1) is 10.5 Å². The predicted molar refractivity (Wildman–Crippen MR) is 105 cm³/mol. The first-order valence-corrected chi connectivity index (χ1v) is 9.55. The molecule has 0 aliphatic heterocycles. The third-order valence-electron chi connectivity index (χ3n) is 4.68. The van der Waals surface area contributed by atoms with Crippen molar-refractivity contribution in [1.82, 2.24) is 0 Å². The summed E-state index contributed by atoms with van der Waals surface area (Å²) in [6.07, 6.45) is 11.7. The fourth-order valence-corrected chi connectivity index (χ4v) is 3.19. The van der Waals surface area contributed by atoms with E-state index in [0.717, 1.165) is 12.0 Å². The van der Waals surface area contributed by atoms with Crippen LogP contribution in [0.2, 0.25) is 0 Å². The number of hydrogen-bond donors (Lipinski definition) is 0. The van der Waals surface area contributed by atoms with Crippen molar-refractivity contribution in [2.75, 3.05) is 0 Å². The highest BCUT2D eigenvalue weighted by molar-refractivity contribution is 5.73. The highest BCUT2D eigenvalue weighted by Gasteiger charge is 2.13. The van der Waals surface area contributed by atoms with E-state index in [0.29, 0.717) is 5.56 Å². The lowest BCUT2D eigenvalue weighted by Crippen LogP contribution is -1.92. The molecule has 134 valence electrons. The van der Waals surface area contributed by atoms with Gasteiger partial charge in [-0.15, -0.1) is 0 Å². The van der Waals surface area contributed by atoms with Gasteiger partial charge >= 0.3 is 0 Å². The standard InChI is InChI=1S/C22H29NO2/c1-2-3-4-5-6-7-8-9-12-19-15-17-20(18-16-19)21-13-10-11-14-22(21)23(24)25/h10-11,13-18H,2-9,12H2,1H3. The van der Waals surface area contributed by atoms with Gasteiger partial charge in [0.1, 0.15) is 0 Å². The predicted octanol–water partition coefficient (Wildman–Crippen LogP) is 6.95. The average Bonchev–Trinajstić information content (AvgIpc) is 2.64. The van der Waals surface area contributed by atoms with E-state index < -0.39 is 0 Å². The molecule has 0 saturated heterocycles. The Balaban J connectivity index is 1.80. The zero-order valence-corrected chi connectivity index (χ0v) is 15.2. The second-order valence-electron chi connectivity index (χ2n) is 6.70. The second kappa shape index (κ2) is 10.7. The molecule has 0 N–H and O–H groups in total. The van der Waals surface area contributed by atoms with Crippen LogP contribution in [0.1, 0.15) is 63.9 Å². The van der Waals surface area contributed by atoms with E-state index in [2.05, 4.69) is 19.1 Å². The fraction of sp³-hybridized carbons (Fsp3) is 0.455. The van der Waals surface area contributed by atoms with E-state index in [1.165, 1.54) is 56.9 Å². The first-order chi connectivity index (χ1) is 12.2. The normalized spacial score (nSPS) is 10.8. The zero-order chi connectivity index (χ0) is 17.9. The van der Waals surface area contributed by atoms with Gasteiger partial charge in [-0.2, -0.15) is 0 Å². The largest absolute Gasteiger partial charge is 0.277 e. The van der Waals surface area contributed by atoms with Gasteiger partial charge in [-0.05, 0) is 30.0 Å². The maximum atomic E-state index is 11.2. The minimum Gasteiger partial charge on any atom is -0.258 e. The van der Waals surface area contributed by atoms with Gasteiger partial charge in [-0.1, -0.05) is 88.3 Å². The lowest BCUT2D eigenvalue weighted by atomic mass is 9.99. The molecule has 0 amide bonds. The first-order valence-electron chi connectivity index (χ1n) is 9.55. The summed E-state index contributed by atoms with van der Waals surface area (Å²) < 4.78 is 0. The maximum absolute atomic E-state index is 11.2. The highest BCUT2D eigenvalue weighted by Crippen LogP contribution is 2.29. The van der Waals surface area contributed by atoms with Crippen LogP contribution in [-0.2, 0) is 6.42 Å². The van der Waals surface area contributed by atoms with Gasteiger partial charge in [0.2, 0.25) is 0 Å². The van der Waals surface area contributed by atoms with Crippen molar-refractivity contribution in [1.29, 1.82) is 0 Å². The van der Waals surface area contributed by atoms with E-state index in [1.54, 1.807) is 12.1 Å². The summed E-state index contributed by atoms with van der Waals surface area (Å²) >= 11 is 0. The Kier molecular flexibility index (Phi) is 8.17. The Morgan fingerprint density at radius 3 is 2.04 bits per heavy atom. The van der Waals surface area contributed by atoms with Crippen LogP contribution in [0.5, 0.6) is 0 Å². The smallest absolute Gasteiger partial charge is 0.258 e. The molecular weight excluding hydrogens is 310 g/mol. The van der Waals surface area contributed by atoms with E-state index in [1.807, 2.05) is 24.3 Å². The second-order valence-corrected chi connectivity index (χ2v) is 6.70. The Hall–Kier alpha value is -2.16. The highest BCUT2D eigenvalue weighted by atomic mass is 16.6. The molecule has 0 bridgehead atoms. The minimum absolute atomic E-state index is 0.165. The third-order valence-corrected chi connectivity index (χ3v) is 4.68. The minimum atomic E-state index is -0.316. The average molecular weight is 339 g/mol.